The molecule has 0 radical (unpaired) electrons. The highest BCUT2D eigenvalue weighted by molar-refractivity contribution is 7.89. The predicted molar refractivity (Wildman–Crippen MR) is 61.1 cm³/mol. The molecule has 0 aromatic heterocycles. The van der Waals surface area contributed by atoms with Gasteiger partial charge in [0.1, 0.15) is 0 Å². The molecule has 0 aliphatic carbocycles. The number of ether oxygens (including phenoxy) is 1. The maximum absolute atomic E-state index is 11.4. The van der Waals surface area contributed by atoms with Crippen molar-refractivity contribution in [3.63, 3.8) is 0 Å². The standard InChI is InChI=1S/C9H22N2O3S/c1-9(2)3-8-15(12,13)11-5-7-14-6-4-10/h9,11H,3-8,10H2,1-2H3. The van der Waals surface area contributed by atoms with E-state index >= 15 is 0 Å². The summed E-state index contributed by atoms with van der Waals surface area (Å²) in [6, 6.07) is 0. The number of hydrogen-bond acceptors (Lipinski definition) is 4. The lowest BCUT2D eigenvalue weighted by atomic mass is 10.2. The molecule has 0 bridgehead atoms. The highest BCUT2D eigenvalue weighted by atomic mass is 32.2. The van der Waals surface area contributed by atoms with Gasteiger partial charge in [-0.1, -0.05) is 13.8 Å². The lowest BCUT2D eigenvalue weighted by Crippen LogP contribution is -2.30. The summed E-state index contributed by atoms with van der Waals surface area (Å²) in [5.41, 5.74) is 5.21. The predicted octanol–water partition coefficient (Wildman–Crippen LogP) is -0.0728. The zero-order valence-corrected chi connectivity index (χ0v) is 10.3. The Hall–Kier alpha value is -0.170. The van der Waals surface area contributed by atoms with E-state index in [4.69, 9.17) is 10.5 Å². The van der Waals surface area contributed by atoms with Gasteiger partial charge in [0.15, 0.2) is 0 Å². The maximum atomic E-state index is 11.4. The Balaban J connectivity index is 3.56. The van der Waals surface area contributed by atoms with Crippen molar-refractivity contribution in [1.82, 2.24) is 4.72 Å². The molecule has 0 aromatic rings. The van der Waals surface area contributed by atoms with Crippen molar-refractivity contribution in [3.05, 3.63) is 0 Å². The Morgan fingerprint density at radius 3 is 2.53 bits per heavy atom. The van der Waals surface area contributed by atoms with E-state index in [1.807, 2.05) is 13.8 Å². The molecule has 15 heavy (non-hydrogen) atoms. The van der Waals surface area contributed by atoms with Crippen molar-refractivity contribution in [2.45, 2.75) is 20.3 Å². The second-order valence-corrected chi connectivity index (χ2v) is 5.72. The lowest BCUT2D eigenvalue weighted by Gasteiger charge is -2.08. The molecule has 0 fully saturated rings. The minimum absolute atomic E-state index is 0.182. The maximum Gasteiger partial charge on any atom is 0.211 e. The van der Waals surface area contributed by atoms with Crippen molar-refractivity contribution in [2.75, 3.05) is 32.1 Å². The molecule has 92 valence electrons. The van der Waals surface area contributed by atoms with E-state index in [9.17, 15) is 8.42 Å². The summed E-state index contributed by atoms with van der Waals surface area (Å²) in [5, 5.41) is 0. The van der Waals surface area contributed by atoms with Gasteiger partial charge in [0.05, 0.1) is 19.0 Å². The highest BCUT2D eigenvalue weighted by Gasteiger charge is 2.09. The van der Waals surface area contributed by atoms with Crippen molar-refractivity contribution >= 4 is 10.0 Å². The fraction of sp³-hybridized carbons (Fsp3) is 1.00. The topological polar surface area (TPSA) is 81.4 Å². The number of nitrogens with one attached hydrogen (secondary N) is 1. The van der Waals surface area contributed by atoms with Gasteiger partial charge in [-0.3, -0.25) is 0 Å². The molecule has 0 rings (SSSR count). The average Bonchev–Trinajstić information content (AvgIpc) is 2.15. The summed E-state index contributed by atoms with van der Waals surface area (Å²) >= 11 is 0. The van der Waals surface area contributed by atoms with Crippen LogP contribution in [0.5, 0.6) is 0 Å². The Labute approximate surface area is 92.4 Å². The molecule has 0 saturated carbocycles. The van der Waals surface area contributed by atoms with Gasteiger partial charge < -0.3 is 10.5 Å². The van der Waals surface area contributed by atoms with Crippen LogP contribution in [-0.2, 0) is 14.8 Å². The zero-order chi connectivity index (χ0) is 11.7. The zero-order valence-electron chi connectivity index (χ0n) is 9.53. The van der Waals surface area contributed by atoms with E-state index in [1.165, 1.54) is 0 Å². The minimum Gasteiger partial charge on any atom is -0.379 e. The molecule has 0 unspecified atom stereocenters. The van der Waals surface area contributed by atoms with E-state index in [-0.39, 0.29) is 5.75 Å². The van der Waals surface area contributed by atoms with E-state index < -0.39 is 10.0 Å². The van der Waals surface area contributed by atoms with Crippen LogP contribution < -0.4 is 10.5 Å². The molecule has 0 spiro atoms. The van der Waals surface area contributed by atoms with Crippen LogP contribution in [0, 0.1) is 5.92 Å². The molecule has 0 saturated heterocycles. The Morgan fingerprint density at radius 2 is 2.00 bits per heavy atom. The first kappa shape index (κ1) is 14.8. The second-order valence-electron chi connectivity index (χ2n) is 3.80. The minimum atomic E-state index is -3.13. The molecule has 5 nitrogen and oxygen atoms in total. The molecule has 0 heterocycles. The summed E-state index contributed by atoms with van der Waals surface area (Å²) in [6.45, 7) is 5.62. The van der Waals surface area contributed by atoms with Crippen LogP contribution in [0.25, 0.3) is 0 Å². The summed E-state index contributed by atoms with van der Waals surface area (Å²) in [5.74, 6) is 0.580. The van der Waals surface area contributed by atoms with Gasteiger partial charge in [0.2, 0.25) is 10.0 Å². The van der Waals surface area contributed by atoms with Gasteiger partial charge in [0, 0.05) is 13.1 Å². The summed E-state index contributed by atoms with van der Waals surface area (Å²) in [6.07, 6.45) is 0.680. The quantitative estimate of drug-likeness (QED) is 0.551. The molecule has 6 heteroatoms. The third kappa shape index (κ3) is 10.1. The monoisotopic (exact) mass is 238 g/mol. The van der Waals surface area contributed by atoms with Crippen LogP contribution in [0.15, 0.2) is 0 Å². The van der Waals surface area contributed by atoms with Crippen LogP contribution in [0.1, 0.15) is 20.3 Å². The summed E-state index contributed by atoms with van der Waals surface area (Å²) in [7, 11) is -3.13. The number of nitrogens with two attached hydrogens (primary N) is 1. The van der Waals surface area contributed by atoms with Crippen LogP contribution in [0.4, 0.5) is 0 Å². The molecule has 3 N–H and O–H groups in total. The van der Waals surface area contributed by atoms with Crippen molar-refractivity contribution < 1.29 is 13.2 Å². The van der Waals surface area contributed by atoms with E-state index in [1.54, 1.807) is 0 Å². The highest BCUT2D eigenvalue weighted by Crippen LogP contribution is 2.01. The van der Waals surface area contributed by atoms with E-state index in [0.717, 1.165) is 0 Å². The van der Waals surface area contributed by atoms with Crippen molar-refractivity contribution in [2.24, 2.45) is 11.7 Å². The van der Waals surface area contributed by atoms with Crippen molar-refractivity contribution in [1.29, 1.82) is 0 Å². The fourth-order valence-corrected chi connectivity index (χ4v) is 2.24. The third-order valence-electron chi connectivity index (χ3n) is 1.79. The fourth-order valence-electron chi connectivity index (χ4n) is 0.918. The molecule has 0 aliphatic heterocycles. The van der Waals surface area contributed by atoms with Crippen LogP contribution >= 0.6 is 0 Å². The molecular weight excluding hydrogens is 216 g/mol. The van der Waals surface area contributed by atoms with Crippen molar-refractivity contribution in [3.8, 4) is 0 Å². The molecule has 0 atom stereocenters. The number of rotatable bonds is 9. The molecule has 0 aromatic carbocycles. The first-order valence-corrected chi connectivity index (χ1v) is 6.88. The average molecular weight is 238 g/mol. The first-order chi connectivity index (χ1) is 6.98. The van der Waals surface area contributed by atoms with Gasteiger partial charge >= 0.3 is 0 Å². The SMILES string of the molecule is CC(C)CCS(=O)(=O)NCCOCCN. The van der Waals surface area contributed by atoms with Crippen LogP contribution in [0.3, 0.4) is 0 Å². The van der Waals surface area contributed by atoms with Gasteiger partial charge in [-0.05, 0) is 12.3 Å². The smallest absolute Gasteiger partial charge is 0.211 e. The lowest BCUT2D eigenvalue weighted by molar-refractivity contribution is 0.147. The Morgan fingerprint density at radius 1 is 1.33 bits per heavy atom. The molecule has 0 amide bonds. The normalized spacial score (nSPS) is 12.3. The molecule has 0 aliphatic rings. The summed E-state index contributed by atoms with van der Waals surface area (Å²) < 4.78 is 30.3. The summed E-state index contributed by atoms with van der Waals surface area (Å²) in [4.78, 5) is 0. The van der Waals surface area contributed by atoms with Gasteiger partial charge in [-0.2, -0.15) is 0 Å². The Kier molecular flexibility index (Phi) is 7.95. The number of sulfonamides is 1. The van der Waals surface area contributed by atoms with Crippen LogP contribution in [-0.4, -0.2) is 40.5 Å². The molecular formula is C9H22N2O3S. The van der Waals surface area contributed by atoms with E-state index in [0.29, 0.717) is 38.6 Å². The largest absolute Gasteiger partial charge is 0.379 e. The number of hydrogen-bond donors (Lipinski definition) is 2. The Bertz CT molecular complexity index is 240. The second kappa shape index (κ2) is 8.04. The third-order valence-corrected chi connectivity index (χ3v) is 3.21. The van der Waals surface area contributed by atoms with Crippen LogP contribution in [0.2, 0.25) is 0 Å². The van der Waals surface area contributed by atoms with Gasteiger partial charge in [0.25, 0.3) is 0 Å². The first-order valence-electron chi connectivity index (χ1n) is 5.23. The van der Waals surface area contributed by atoms with Gasteiger partial charge in [-0.15, -0.1) is 0 Å². The van der Waals surface area contributed by atoms with E-state index in [2.05, 4.69) is 4.72 Å². The van der Waals surface area contributed by atoms with Gasteiger partial charge in [-0.25, -0.2) is 13.1 Å².